The molecule has 0 fully saturated rings. The van der Waals surface area contributed by atoms with Gasteiger partial charge in [-0.25, -0.2) is 4.98 Å². The molecule has 1 aliphatic rings. The van der Waals surface area contributed by atoms with Crippen molar-refractivity contribution >= 4 is 17.6 Å². The molecule has 0 saturated heterocycles. The lowest BCUT2D eigenvalue weighted by atomic mass is 10.2. The number of oxazole rings is 1. The van der Waals surface area contributed by atoms with Crippen LogP contribution >= 0.6 is 0 Å². The van der Waals surface area contributed by atoms with E-state index in [2.05, 4.69) is 26.7 Å². The van der Waals surface area contributed by atoms with Gasteiger partial charge >= 0.3 is 0 Å². The first kappa shape index (κ1) is 18.7. The number of guanidine groups is 1. The van der Waals surface area contributed by atoms with Crippen molar-refractivity contribution < 1.29 is 9.21 Å². The number of aromatic nitrogens is 1. The summed E-state index contributed by atoms with van der Waals surface area (Å²) in [5.41, 5.74) is 3.89. The van der Waals surface area contributed by atoms with Gasteiger partial charge in [-0.3, -0.25) is 9.79 Å². The zero-order valence-electron chi connectivity index (χ0n) is 16.3. The van der Waals surface area contributed by atoms with Crippen LogP contribution in [-0.2, 0) is 17.8 Å². The minimum atomic E-state index is 0.0192. The molecule has 7 heteroatoms. The van der Waals surface area contributed by atoms with Gasteiger partial charge in [0.25, 0.3) is 0 Å². The molecule has 0 spiro atoms. The molecule has 1 aromatic heterocycles. The fourth-order valence-electron chi connectivity index (χ4n) is 3.35. The summed E-state index contributed by atoms with van der Waals surface area (Å²) < 4.78 is 5.54. The van der Waals surface area contributed by atoms with Gasteiger partial charge in [0, 0.05) is 24.8 Å². The summed E-state index contributed by atoms with van der Waals surface area (Å²) in [7, 11) is 1.67. The first-order valence-corrected chi connectivity index (χ1v) is 9.57. The molecule has 0 saturated carbocycles. The van der Waals surface area contributed by atoms with Gasteiger partial charge in [0.15, 0.2) is 5.96 Å². The number of anilines is 1. The highest BCUT2D eigenvalue weighted by Crippen LogP contribution is 2.27. The van der Waals surface area contributed by atoms with Crippen LogP contribution < -0.4 is 15.5 Å². The second-order valence-corrected chi connectivity index (χ2v) is 6.71. The summed E-state index contributed by atoms with van der Waals surface area (Å²) >= 11 is 0. The predicted molar refractivity (Wildman–Crippen MR) is 113 cm³/mol. The highest BCUT2D eigenvalue weighted by atomic mass is 16.3. The van der Waals surface area contributed by atoms with Crippen LogP contribution in [0.3, 0.4) is 0 Å². The monoisotopic (exact) mass is 389 g/mol. The Bertz CT molecular complexity index is 1010. The second-order valence-electron chi connectivity index (χ2n) is 6.71. The Hall–Kier alpha value is -3.61. The van der Waals surface area contributed by atoms with E-state index in [1.807, 2.05) is 53.4 Å². The number of aliphatic imine (C=N–C) groups is 1. The van der Waals surface area contributed by atoms with Crippen molar-refractivity contribution in [2.24, 2.45) is 4.99 Å². The Balaban J connectivity index is 1.29. The number of para-hydroxylation sites is 1. The lowest BCUT2D eigenvalue weighted by Crippen LogP contribution is -2.44. The normalized spacial score (nSPS) is 13.3. The summed E-state index contributed by atoms with van der Waals surface area (Å²) in [5, 5.41) is 6.24. The maximum absolute atomic E-state index is 12.6. The molecule has 0 radical (unpaired) electrons. The highest BCUT2D eigenvalue weighted by molar-refractivity contribution is 5.98. The zero-order chi connectivity index (χ0) is 20.1. The molecule has 148 valence electrons. The molecular formula is C22H23N5O2. The number of benzene rings is 2. The van der Waals surface area contributed by atoms with E-state index in [-0.39, 0.29) is 12.5 Å². The highest BCUT2D eigenvalue weighted by Gasteiger charge is 2.23. The minimum absolute atomic E-state index is 0.0192. The SMILES string of the molecule is CN=C(NCC(=O)N1CCc2ccccc21)NCc1coc(-c2ccccc2)n1. The van der Waals surface area contributed by atoms with Crippen molar-refractivity contribution in [2.45, 2.75) is 13.0 Å². The summed E-state index contributed by atoms with van der Waals surface area (Å²) in [6.45, 7) is 1.33. The van der Waals surface area contributed by atoms with E-state index in [1.54, 1.807) is 13.3 Å². The summed E-state index contributed by atoms with van der Waals surface area (Å²) in [4.78, 5) is 23.1. The molecule has 2 N–H and O–H groups in total. The topological polar surface area (TPSA) is 82.8 Å². The van der Waals surface area contributed by atoms with Crippen LogP contribution in [0.1, 0.15) is 11.3 Å². The van der Waals surface area contributed by atoms with Crippen LogP contribution in [0, 0.1) is 0 Å². The number of amides is 1. The number of carbonyl (C=O) groups excluding carboxylic acids is 1. The van der Waals surface area contributed by atoms with Crippen LogP contribution in [-0.4, -0.2) is 37.0 Å². The summed E-state index contributed by atoms with van der Waals surface area (Å²) in [6.07, 6.45) is 2.51. The van der Waals surface area contributed by atoms with Crippen LogP contribution in [0.15, 0.2) is 70.3 Å². The number of fused-ring (bicyclic) bond motifs is 1. The van der Waals surface area contributed by atoms with E-state index in [0.717, 1.165) is 23.4 Å². The minimum Gasteiger partial charge on any atom is -0.444 e. The summed E-state index contributed by atoms with van der Waals surface area (Å²) in [6, 6.07) is 17.8. The number of nitrogens with zero attached hydrogens (tertiary/aromatic N) is 3. The average Bonchev–Trinajstić information content (AvgIpc) is 3.41. The first-order valence-electron chi connectivity index (χ1n) is 9.57. The van der Waals surface area contributed by atoms with E-state index in [9.17, 15) is 4.79 Å². The number of rotatable bonds is 5. The molecular weight excluding hydrogens is 366 g/mol. The Morgan fingerprint density at radius 3 is 2.76 bits per heavy atom. The van der Waals surface area contributed by atoms with Crippen molar-refractivity contribution in [3.05, 3.63) is 72.1 Å². The molecule has 0 bridgehead atoms. The van der Waals surface area contributed by atoms with Gasteiger partial charge < -0.3 is 20.0 Å². The lowest BCUT2D eigenvalue weighted by Gasteiger charge is -2.18. The van der Waals surface area contributed by atoms with Gasteiger partial charge in [-0.2, -0.15) is 0 Å². The summed E-state index contributed by atoms with van der Waals surface area (Å²) in [5.74, 6) is 1.13. The third kappa shape index (κ3) is 4.29. The lowest BCUT2D eigenvalue weighted by molar-refractivity contribution is -0.117. The molecule has 2 aromatic carbocycles. The molecule has 0 atom stereocenters. The van der Waals surface area contributed by atoms with E-state index in [1.165, 1.54) is 5.56 Å². The van der Waals surface area contributed by atoms with Gasteiger partial charge in [-0.1, -0.05) is 36.4 Å². The number of nitrogens with one attached hydrogen (secondary N) is 2. The van der Waals surface area contributed by atoms with Gasteiger partial charge in [0.2, 0.25) is 11.8 Å². The van der Waals surface area contributed by atoms with Crippen LogP contribution in [0.2, 0.25) is 0 Å². The third-order valence-corrected chi connectivity index (χ3v) is 4.83. The molecule has 0 aliphatic carbocycles. The first-order chi connectivity index (χ1) is 14.2. The van der Waals surface area contributed by atoms with Crippen LogP contribution in [0.5, 0.6) is 0 Å². The van der Waals surface area contributed by atoms with Crippen molar-refractivity contribution in [1.29, 1.82) is 0 Å². The fraction of sp³-hybridized carbons (Fsp3) is 0.227. The fourth-order valence-corrected chi connectivity index (χ4v) is 3.35. The largest absolute Gasteiger partial charge is 0.444 e. The van der Waals surface area contributed by atoms with Crippen LogP contribution in [0.4, 0.5) is 5.69 Å². The van der Waals surface area contributed by atoms with Gasteiger partial charge in [0.05, 0.1) is 18.8 Å². The zero-order valence-corrected chi connectivity index (χ0v) is 16.3. The Morgan fingerprint density at radius 2 is 1.93 bits per heavy atom. The van der Waals surface area contributed by atoms with Crippen molar-refractivity contribution in [3.8, 4) is 11.5 Å². The molecule has 1 aliphatic heterocycles. The molecule has 7 nitrogen and oxygen atoms in total. The smallest absolute Gasteiger partial charge is 0.246 e. The van der Waals surface area contributed by atoms with Gasteiger partial charge in [0.1, 0.15) is 6.26 Å². The Kier molecular flexibility index (Phi) is 5.56. The maximum Gasteiger partial charge on any atom is 0.246 e. The van der Waals surface area contributed by atoms with Gasteiger partial charge in [-0.05, 0) is 30.2 Å². The van der Waals surface area contributed by atoms with Crippen molar-refractivity contribution in [2.75, 3.05) is 25.0 Å². The number of hydrogen-bond donors (Lipinski definition) is 2. The average molecular weight is 389 g/mol. The van der Waals surface area contributed by atoms with E-state index >= 15 is 0 Å². The Morgan fingerprint density at radius 1 is 1.14 bits per heavy atom. The molecule has 3 aromatic rings. The van der Waals surface area contributed by atoms with Crippen molar-refractivity contribution in [1.82, 2.24) is 15.6 Å². The molecule has 29 heavy (non-hydrogen) atoms. The molecule has 1 amide bonds. The predicted octanol–water partition coefficient (Wildman–Crippen LogP) is 2.60. The molecule has 0 unspecified atom stereocenters. The molecule has 2 heterocycles. The molecule has 4 rings (SSSR count). The second kappa shape index (κ2) is 8.60. The third-order valence-electron chi connectivity index (χ3n) is 4.83. The van der Waals surface area contributed by atoms with Crippen LogP contribution in [0.25, 0.3) is 11.5 Å². The maximum atomic E-state index is 12.6. The van der Waals surface area contributed by atoms with E-state index in [0.29, 0.717) is 24.9 Å². The number of hydrogen-bond acceptors (Lipinski definition) is 4. The standard InChI is InChI=1S/C22H23N5O2/c1-23-22(24-13-18-15-29-21(26-18)17-8-3-2-4-9-17)25-14-20(28)27-12-11-16-7-5-6-10-19(16)27/h2-10,15H,11-14H2,1H3,(H2,23,24,25). The number of carbonyl (C=O) groups is 1. The van der Waals surface area contributed by atoms with E-state index < -0.39 is 0 Å². The van der Waals surface area contributed by atoms with Crippen molar-refractivity contribution in [3.63, 3.8) is 0 Å². The Labute approximate surface area is 169 Å². The van der Waals surface area contributed by atoms with E-state index in [4.69, 9.17) is 4.42 Å². The van der Waals surface area contributed by atoms with Gasteiger partial charge in [-0.15, -0.1) is 0 Å². The quantitative estimate of drug-likeness (QED) is 0.518.